The molecule has 1 rings (SSSR count). The fourth-order valence-corrected chi connectivity index (χ4v) is 1.39. The molecule has 1 aromatic rings. The summed E-state index contributed by atoms with van der Waals surface area (Å²) in [5, 5.41) is 2.20. The van der Waals surface area contributed by atoms with E-state index in [0.717, 1.165) is 0 Å². The van der Waals surface area contributed by atoms with Gasteiger partial charge in [-0.1, -0.05) is 0 Å². The highest BCUT2D eigenvalue weighted by Gasteiger charge is 2.29. The Morgan fingerprint density at radius 2 is 1.95 bits per heavy atom. The standard InChI is InChI=1S/C12H14F3NO4/c1-18-9-3-4-10(19-2)8(5-9)6-16-11(17)20-7-12(13,14)15/h3-5H,6-7H2,1-2H3,(H,16,17). The third kappa shape index (κ3) is 5.25. The number of carbonyl (C=O) groups excluding carboxylic acids is 1. The van der Waals surface area contributed by atoms with Crippen molar-refractivity contribution >= 4 is 6.09 Å². The SMILES string of the molecule is COc1ccc(OC)c(CNC(=O)OCC(F)(F)F)c1. The minimum atomic E-state index is -4.55. The molecule has 0 aromatic heterocycles. The van der Waals surface area contributed by atoms with Crippen molar-refractivity contribution in [3.05, 3.63) is 23.8 Å². The van der Waals surface area contributed by atoms with E-state index >= 15 is 0 Å². The molecule has 1 N–H and O–H groups in total. The van der Waals surface area contributed by atoms with Crippen LogP contribution >= 0.6 is 0 Å². The Balaban J connectivity index is 2.58. The van der Waals surface area contributed by atoms with Crippen LogP contribution in [-0.4, -0.2) is 33.1 Å². The fraction of sp³-hybridized carbons (Fsp3) is 0.417. The number of benzene rings is 1. The van der Waals surface area contributed by atoms with Crippen LogP contribution in [0.15, 0.2) is 18.2 Å². The van der Waals surface area contributed by atoms with E-state index in [1.807, 2.05) is 0 Å². The Morgan fingerprint density at radius 3 is 2.50 bits per heavy atom. The van der Waals surface area contributed by atoms with Crippen molar-refractivity contribution in [2.24, 2.45) is 0 Å². The van der Waals surface area contributed by atoms with Crippen LogP contribution in [0.25, 0.3) is 0 Å². The molecule has 0 aliphatic heterocycles. The molecular weight excluding hydrogens is 279 g/mol. The van der Waals surface area contributed by atoms with Crippen LogP contribution in [0.2, 0.25) is 0 Å². The number of carbonyl (C=O) groups is 1. The number of nitrogens with one attached hydrogen (secondary N) is 1. The van der Waals surface area contributed by atoms with Gasteiger partial charge in [0.15, 0.2) is 6.61 Å². The van der Waals surface area contributed by atoms with Gasteiger partial charge in [-0.05, 0) is 18.2 Å². The quantitative estimate of drug-likeness (QED) is 0.906. The van der Waals surface area contributed by atoms with Crippen LogP contribution in [0, 0.1) is 0 Å². The van der Waals surface area contributed by atoms with Gasteiger partial charge in [0.05, 0.1) is 14.2 Å². The monoisotopic (exact) mass is 293 g/mol. The third-order valence-electron chi connectivity index (χ3n) is 2.28. The summed E-state index contributed by atoms with van der Waals surface area (Å²) in [6, 6.07) is 4.88. The first kappa shape index (κ1) is 15.9. The van der Waals surface area contributed by atoms with Crippen molar-refractivity contribution in [1.29, 1.82) is 0 Å². The molecule has 0 heterocycles. The lowest BCUT2D eigenvalue weighted by molar-refractivity contribution is -0.160. The molecule has 0 saturated carbocycles. The van der Waals surface area contributed by atoms with Gasteiger partial charge < -0.3 is 19.5 Å². The molecule has 0 spiro atoms. The zero-order valence-electron chi connectivity index (χ0n) is 10.9. The van der Waals surface area contributed by atoms with Crippen molar-refractivity contribution in [1.82, 2.24) is 5.32 Å². The molecule has 1 aromatic carbocycles. The normalized spacial score (nSPS) is 10.8. The predicted octanol–water partition coefficient (Wildman–Crippen LogP) is 2.49. The summed E-state index contributed by atoms with van der Waals surface area (Å²) in [4.78, 5) is 11.1. The summed E-state index contributed by atoms with van der Waals surface area (Å²) in [5.74, 6) is 1.01. The van der Waals surface area contributed by atoms with E-state index in [2.05, 4.69) is 10.1 Å². The smallest absolute Gasteiger partial charge is 0.422 e. The van der Waals surface area contributed by atoms with Gasteiger partial charge in [0.2, 0.25) is 0 Å². The van der Waals surface area contributed by atoms with Crippen LogP contribution in [0.3, 0.4) is 0 Å². The highest BCUT2D eigenvalue weighted by atomic mass is 19.4. The molecule has 0 unspecified atom stereocenters. The van der Waals surface area contributed by atoms with Gasteiger partial charge in [0.1, 0.15) is 11.5 Å². The first-order valence-corrected chi connectivity index (χ1v) is 5.54. The molecule has 0 fully saturated rings. The molecule has 5 nitrogen and oxygen atoms in total. The Hall–Kier alpha value is -2.12. The summed E-state index contributed by atoms with van der Waals surface area (Å²) in [7, 11) is 2.91. The van der Waals surface area contributed by atoms with E-state index in [-0.39, 0.29) is 6.54 Å². The number of hydrogen-bond donors (Lipinski definition) is 1. The predicted molar refractivity (Wildman–Crippen MR) is 63.8 cm³/mol. The van der Waals surface area contributed by atoms with Crippen molar-refractivity contribution in [3.63, 3.8) is 0 Å². The molecule has 0 atom stereocenters. The lowest BCUT2D eigenvalue weighted by Gasteiger charge is -2.12. The van der Waals surface area contributed by atoms with Gasteiger partial charge in [-0.25, -0.2) is 4.79 Å². The number of ether oxygens (including phenoxy) is 3. The van der Waals surface area contributed by atoms with E-state index in [1.165, 1.54) is 14.2 Å². The van der Waals surface area contributed by atoms with E-state index < -0.39 is 18.9 Å². The number of amides is 1. The molecular formula is C12H14F3NO4. The maximum Gasteiger partial charge on any atom is 0.422 e. The average molecular weight is 293 g/mol. The second kappa shape index (κ2) is 6.88. The Labute approximate surface area is 113 Å². The summed E-state index contributed by atoms with van der Waals surface area (Å²) in [6.07, 6.45) is -5.71. The van der Waals surface area contributed by atoms with E-state index in [9.17, 15) is 18.0 Å². The van der Waals surface area contributed by atoms with Crippen LogP contribution in [0.1, 0.15) is 5.56 Å². The molecule has 1 amide bonds. The minimum absolute atomic E-state index is 0.0446. The number of alkyl carbamates (subject to hydrolysis) is 1. The second-order valence-electron chi connectivity index (χ2n) is 3.72. The van der Waals surface area contributed by atoms with Gasteiger partial charge in [0.25, 0.3) is 0 Å². The molecule has 0 radical (unpaired) electrons. The van der Waals surface area contributed by atoms with E-state index in [1.54, 1.807) is 18.2 Å². The molecule has 0 bridgehead atoms. The molecule has 0 aliphatic rings. The fourth-order valence-electron chi connectivity index (χ4n) is 1.39. The number of hydrogen-bond acceptors (Lipinski definition) is 4. The average Bonchev–Trinajstić information content (AvgIpc) is 2.41. The lowest BCUT2D eigenvalue weighted by atomic mass is 10.2. The van der Waals surface area contributed by atoms with Gasteiger partial charge in [-0.2, -0.15) is 13.2 Å². The number of methoxy groups -OCH3 is 2. The Kier molecular flexibility index (Phi) is 5.48. The summed E-state index contributed by atoms with van der Waals surface area (Å²) < 4.78 is 49.6. The van der Waals surface area contributed by atoms with Gasteiger partial charge >= 0.3 is 12.3 Å². The zero-order chi connectivity index (χ0) is 15.2. The Morgan fingerprint density at radius 1 is 1.25 bits per heavy atom. The molecule has 8 heteroatoms. The van der Waals surface area contributed by atoms with Crippen LogP contribution < -0.4 is 14.8 Å². The van der Waals surface area contributed by atoms with Crippen molar-refractivity contribution in [2.45, 2.75) is 12.7 Å². The molecule has 0 aliphatic carbocycles. The highest BCUT2D eigenvalue weighted by molar-refractivity contribution is 5.67. The first-order valence-electron chi connectivity index (χ1n) is 5.54. The van der Waals surface area contributed by atoms with Gasteiger partial charge in [-0.3, -0.25) is 0 Å². The minimum Gasteiger partial charge on any atom is -0.497 e. The largest absolute Gasteiger partial charge is 0.497 e. The number of rotatable bonds is 5. The zero-order valence-corrected chi connectivity index (χ0v) is 10.9. The van der Waals surface area contributed by atoms with E-state index in [4.69, 9.17) is 9.47 Å². The van der Waals surface area contributed by atoms with Crippen molar-refractivity contribution in [2.75, 3.05) is 20.8 Å². The van der Waals surface area contributed by atoms with Gasteiger partial charge in [-0.15, -0.1) is 0 Å². The molecule has 0 saturated heterocycles. The Bertz CT molecular complexity index is 463. The molecule has 20 heavy (non-hydrogen) atoms. The van der Waals surface area contributed by atoms with Crippen LogP contribution in [0.5, 0.6) is 11.5 Å². The van der Waals surface area contributed by atoms with Crippen LogP contribution in [-0.2, 0) is 11.3 Å². The summed E-state index contributed by atoms with van der Waals surface area (Å²) in [5.41, 5.74) is 0.552. The third-order valence-corrected chi connectivity index (χ3v) is 2.28. The number of halogens is 3. The summed E-state index contributed by atoms with van der Waals surface area (Å²) >= 11 is 0. The maximum absolute atomic E-state index is 11.9. The van der Waals surface area contributed by atoms with Crippen molar-refractivity contribution < 1.29 is 32.2 Å². The lowest BCUT2D eigenvalue weighted by Crippen LogP contribution is -2.28. The highest BCUT2D eigenvalue weighted by Crippen LogP contribution is 2.23. The summed E-state index contributed by atoms with van der Waals surface area (Å²) in [6.45, 7) is -1.68. The van der Waals surface area contributed by atoms with Crippen molar-refractivity contribution in [3.8, 4) is 11.5 Å². The second-order valence-corrected chi connectivity index (χ2v) is 3.72. The van der Waals surface area contributed by atoms with E-state index in [0.29, 0.717) is 17.1 Å². The molecule has 112 valence electrons. The first-order chi connectivity index (χ1) is 9.35. The number of alkyl halides is 3. The topological polar surface area (TPSA) is 56.8 Å². The van der Waals surface area contributed by atoms with Gasteiger partial charge in [0, 0.05) is 12.1 Å². The van der Waals surface area contributed by atoms with Crippen LogP contribution in [0.4, 0.5) is 18.0 Å². The maximum atomic E-state index is 11.9.